The number of benzene rings is 1. The van der Waals surface area contributed by atoms with Crippen LogP contribution in [-0.2, 0) is 0 Å². The Morgan fingerprint density at radius 3 is 2.53 bits per heavy atom. The monoisotopic (exact) mass is 229 g/mol. The lowest BCUT2D eigenvalue weighted by Gasteiger charge is -2.08. The molecule has 4 nitrogen and oxygen atoms in total. The predicted octanol–water partition coefficient (Wildman–Crippen LogP) is 2.05. The minimum absolute atomic E-state index is 0.0962. The quantitative estimate of drug-likeness (QED) is 0.827. The number of carboxylic acid groups (broad SMARTS) is 1. The molecule has 0 radical (unpaired) electrons. The second-order valence-electron chi connectivity index (χ2n) is 3.73. The molecule has 0 aliphatic heterocycles. The number of aromatic amines is 1. The summed E-state index contributed by atoms with van der Waals surface area (Å²) < 4.78 is 0. The Morgan fingerprint density at radius 2 is 1.88 bits per heavy atom. The number of hydrogen-bond acceptors (Lipinski definition) is 2. The zero-order valence-electron chi connectivity index (χ0n) is 9.23. The molecule has 2 rings (SSSR count). The summed E-state index contributed by atoms with van der Waals surface area (Å²) in [5, 5.41) is 9.09. The van der Waals surface area contributed by atoms with Crippen LogP contribution in [0.15, 0.2) is 41.2 Å². The SMILES string of the molecule is Cc1ccccc1-c1[nH]c(=O)ccc1C(=O)O. The molecule has 4 heteroatoms. The largest absolute Gasteiger partial charge is 0.478 e. The molecule has 0 unspecified atom stereocenters. The van der Waals surface area contributed by atoms with Gasteiger partial charge in [-0.25, -0.2) is 4.79 Å². The van der Waals surface area contributed by atoms with E-state index in [0.29, 0.717) is 5.69 Å². The van der Waals surface area contributed by atoms with E-state index in [2.05, 4.69) is 4.98 Å². The number of aromatic nitrogens is 1. The second-order valence-corrected chi connectivity index (χ2v) is 3.73. The van der Waals surface area contributed by atoms with Crippen LogP contribution in [0.2, 0.25) is 0 Å². The predicted molar refractivity (Wildman–Crippen MR) is 64.2 cm³/mol. The van der Waals surface area contributed by atoms with Crippen molar-refractivity contribution in [2.45, 2.75) is 6.92 Å². The van der Waals surface area contributed by atoms with Crippen LogP contribution in [0.25, 0.3) is 11.3 Å². The Kier molecular flexibility index (Phi) is 2.78. The summed E-state index contributed by atoms with van der Waals surface area (Å²) in [5.41, 5.74) is 1.77. The molecule has 0 aliphatic carbocycles. The van der Waals surface area contributed by atoms with Crippen molar-refractivity contribution in [1.29, 1.82) is 0 Å². The molecule has 0 atom stereocenters. The van der Waals surface area contributed by atoms with Crippen LogP contribution >= 0.6 is 0 Å². The number of carboxylic acids is 1. The molecule has 2 aromatic rings. The first kappa shape index (κ1) is 11.1. The highest BCUT2D eigenvalue weighted by Crippen LogP contribution is 2.23. The molecule has 2 N–H and O–H groups in total. The van der Waals surface area contributed by atoms with Crippen LogP contribution in [0.4, 0.5) is 0 Å². The first-order chi connectivity index (χ1) is 8.09. The Bertz CT molecular complexity index is 629. The van der Waals surface area contributed by atoms with Gasteiger partial charge >= 0.3 is 5.97 Å². The summed E-state index contributed by atoms with van der Waals surface area (Å²) in [6.45, 7) is 1.87. The summed E-state index contributed by atoms with van der Waals surface area (Å²) >= 11 is 0. The normalized spacial score (nSPS) is 10.2. The Balaban J connectivity index is 2.74. The summed E-state index contributed by atoms with van der Waals surface area (Å²) in [7, 11) is 0. The Labute approximate surface area is 97.6 Å². The van der Waals surface area contributed by atoms with Gasteiger partial charge in [0, 0.05) is 11.6 Å². The lowest BCUT2D eigenvalue weighted by Crippen LogP contribution is -2.11. The molecular formula is C13H11NO3. The van der Waals surface area contributed by atoms with Crippen molar-refractivity contribution in [2.24, 2.45) is 0 Å². The van der Waals surface area contributed by atoms with Crippen molar-refractivity contribution in [2.75, 3.05) is 0 Å². The van der Waals surface area contributed by atoms with Gasteiger partial charge in [-0.1, -0.05) is 24.3 Å². The van der Waals surface area contributed by atoms with Crippen LogP contribution in [-0.4, -0.2) is 16.1 Å². The van der Waals surface area contributed by atoms with Crippen LogP contribution in [0.5, 0.6) is 0 Å². The van der Waals surface area contributed by atoms with Crippen LogP contribution in [0.3, 0.4) is 0 Å². The van der Waals surface area contributed by atoms with E-state index < -0.39 is 5.97 Å². The maximum atomic E-state index is 11.3. The number of aryl methyl sites for hydroxylation is 1. The van der Waals surface area contributed by atoms with Crippen molar-refractivity contribution in [3.63, 3.8) is 0 Å². The van der Waals surface area contributed by atoms with Gasteiger partial charge in [0.2, 0.25) is 5.56 Å². The highest BCUT2D eigenvalue weighted by Gasteiger charge is 2.13. The van der Waals surface area contributed by atoms with E-state index in [1.165, 1.54) is 12.1 Å². The minimum atomic E-state index is -1.06. The van der Waals surface area contributed by atoms with E-state index in [4.69, 9.17) is 5.11 Å². The molecule has 0 bridgehead atoms. The third-order valence-electron chi connectivity index (χ3n) is 2.56. The molecule has 1 aromatic heterocycles. The fraction of sp³-hybridized carbons (Fsp3) is 0.0769. The molecule has 17 heavy (non-hydrogen) atoms. The fourth-order valence-electron chi connectivity index (χ4n) is 1.72. The lowest BCUT2D eigenvalue weighted by atomic mass is 10.0. The topological polar surface area (TPSA) is 70.2 Å². The van der Waals surface area contributed by atoms with Gasteiger partial charge in [-0.2, -0.15) is 0 Å². The van der Waals surface area contributed by atoms with E-state index in [1.807, 2.05) is 19.1 Å². The molecule has 0 saturated carbocycles. The van der Waals surface area contributed by atoms with Crippen molar-refractivity contribution in [3.8, 4) is 11.3 Å². The zero-order valence-corrected chi connectivity index (χ0v) is 9.23. The van der Waals surface area contributed by atoms with Gasteiger partial charge < -0.3 is 10.1 Å². The molecule has 0 amide bonds. The van der Waals surface area contributed by atoms with Crippen LogP contribution < -0.4 is 5.56 Å². The van der Waals surface area contributed by atoms with Crippen molar-refractivity contribution >= 4 is 5.97 Å². The van der Waals surface area contributed by atoms with Crippen LogP contribution in [0, 0.1) is 6.92 Å². The van der Waals surface area contributed by atoms with Crippen molar-refractivity contribution in [3.05, 3.63) is 57.9 Å². The highest BCUT2D eigenvalue weighted by atomic mass is 16.4. The third-order valence-corrected chi connectivity index (χ3v) is 2.56. The maximum Gasteiger partial charge on any atom is 0.337 e. The molecular weight excluding hydrogens is 218 g/mol. The Hall–Kier alpha value is -2.36. The minimum Gasteiger partial charge on any atom is -0.478 e. The maximum absolute atomic E-state index is 11.3. The molecule has 0 aliphatic rings. The summed E-state index contributed by atoms with van der Waals surface area (Å²) in [6, 6.07) is 9.85. The number of nitrogens with one attached hydrogen (secondary N) is 1. The van der Waals surface area contributed by atoms with E-state index >= 15 is 0 Å². The molecule has 86 valence electrons. The van der Waals surface area contributed by atoms with Crippen LogP contribution in [0.1, 0.15) is 15.9 Å². The standard InChI is InChI=1S/C13H11NO3/c1-8-4-2-3-5-9(8)12-10(13(16)17)6-7-11(15)14-12/h2-7H,1H3,(H,14,15)(H,16,17). The first-order valence-electron chi connectivity index (χ1n) is 5.12. The number of hydrogen-bond donors (Lipinski definition) is 2. The van der Waals surface area contributed by atoms with E-state index in [1.54, 1.807) is 12.1 Å². The molecule has 1 heterocycles. The molecule has 1 aromatic carbocycles. The van der Waals surface area contributed by atoms with Gasteiger partial charge in [-0.15, -0.1) is 0 Å². The van der Waals surface area contributed by atoms with E-state index in [-0.39, 0.29) is 11.1 Å². The average molecular weight is 229 g/mol. The fourth-order valence-corrected chi connectivity index (χ4v) is 1.72. The van der Waals surface area contributed by atoms with E-state index in [0.717, 1.165) is 11.1 Å². The van der Waals surface area contributed by atoms with Crippen molar-refractivity contribution < 1.29 is 9.90 Å². The number of rotatable bonds is 2. The van der Waals surface area contributed by atoms with Gasteiger partial charge in [0.05, 0.1) is 11.3 Å². The summed E-state index contributed by atoms with van der Waals surface area (Å²) in [6.07, 6.45) is 0. The van der Waals surface area contributed by atoms with Gasteiger partial charge in [0.25, 0.3) is 0 Å². The molecule has 0 fully saturated rings. The van der Waals surface area contributed by atoms with Gasteiger partial charge in [0.15, 0.2) is 0 Å². The zero-order chi connectivity index (χ0) is 12.4. The summed E-state index contributed by atoms with van der Waals surface area (Å²) in [4.78, 5) is 25.0. The van der Waals surface area contributed by atoms with Gasteiger partial charge in [-0.3, -0.25) is 4.79 Å². The highest BCUT2D eigenvalue weighted by molar-refractivity contribution is 5.95. The van der Waals surface area contributed by atoms with E-state index in [9.17, 15) is 9.59 Å². The van der Waals surface area contributed by atoms with Gasteiger partial charge in [0.1, 0.15) is 0 Å². The third kappa shape index (κ3) is 2.10. The smallest absolute Gasteiger partial charge is 0.337 e. The van der Waals surface area contributed by atoms with Crippen molar-refractivity contribution in [1.82, 2.24) is 4.98 Å². The number of pyridine rings is 1. The average Bonchev–Trinajstić information content (AvgIpc) is 2.29. The second kappa shape index (κ2) is 4.25. The Morgan fingerprint density at radius 1 is 1.18 bits per heavy atom. The van der Waals surface area contributed by atoms with Gasteiger partial charge in [-0.05, 0) is 18.6 Å². The number of carbonyl (C=O) groups is 1. The first-order valence-corrected chi connectivity index (χ1v) is 5.12. The lowest BCUT2D eigenvalue weighted by molar-refractivity contribution is 0.0697. The molecule has 0 spiro atoms. The molecule has 0 saturated heterocycles. The summed E-state index contributed by atoms with van der Waals surface area (Å²) in [5.74, 6) is -1.06. The number of H-pyrrole nitrogens is 1. The number of aromatic carboxylic acids is 1.